The number of nitro benzene ring substituents is 1. The Balaban J connectivity index is 2.48. The van der Waals surface area contributed by atoms with E-state index in [4.69, 9.17) is 0 Å². The fourth-order valence-corrected chi connectivity index (χ4v) is 1.28. The highest BCUT2D eigenvalue weighted by Gasteiger charge is 2.12. The van der Waals surface area contributed by atoms with Gasteiger partial charge in [-0.2, -0.15) is 5.10 Å². The molecule has 0 saturated heterocycles. The monoisotopic (exact) mass is 292 g/mol. The predicted molar refractivity (Wildman–Crippen MR) is 76.7 cm³/mol. The van der Waals surface area contributed by atoms with E-state index < -0.39 is 16.7 Å². The van der Waals surface area contributed by atoms with E-state index in [2.05, 4.69) is 15.8 Å². The van der Waals surface area contributed by atoms with Crippen molar-refractivity contribution in [2.75, 3.05) is 6.54 Å². The van der Waals surface area contributed by atoms with Crippen molar-refractivity contribution in [2.45, 2.75) is 13.8 Å². The Morgan fingerprint density at radius 2 is 1.90 bits per heavy atom. The van der Waals surface area contributed by atoms with Gasteiger partial charge in [0.05, 0.1) is 11.1 Å². The van der Waals surface area contributed by atoms with Crippen LogP contribution in [0.1, 0.15) is 19.4 Å². The minimum Gasteiger partial charge on any atom is -0.348 e. The minimum atomic E-state index is -0.867. The molecular weight excluding hydrogens is 276 g/mol. The second kappa shape index (κ2) is 7.73. The van der Waals surface area contributed by atoms with Crippen LogP contribution in [0.4, 0.5) is 5.69 Å². The van der Waals surface area contributed by atoms with Crippen LogP contribution < -0.4 is 10.7 Å². The van der Waals surface area contributed by atoms with Crippen LogP contribution in [-0.4, -0.2) is 29.5 Å². The van der Waals surface area contributed by atoms with Gasteiger partial charge in [-0.15, -0.1) is 0 Å². The van der Waals surface area contributed by atoms with Crippen molar-refractivity contribution in [3.05, 3.63) is 39.9 Å². The van der Waals surface area contributed by atoms with E-state index in [0.29, 0.717) is 12.1 Å². The number of hydrogen-bond donors (Lipinski definition) is 2. The van der Waals surface area contributed by atoms with Gasteiger partial charge in [0, 0.05) is 18.7 Å². The van der Waals surface area contributed by atoms with Gasteiger partial charge in [0.2, 0.25) is 0 Å². The first-order valence-electron chi connectivity index (χ1n) is 6.26. The quantitative estimate of drug-likeness (QED) is 0.362. The number of rotatable bonds is 5. The number of benzene rings is 1. The van der Waals surface area contributed by atoms with Gasteiger partial charge >= 0.3 is 11.8 Å². The highest BCUT2D eigenvalue weighted by molar-refractivity contribution is 6.35. The predicted octanol–water partition coefficient (Wildman–Crippen LogP) is 0.817. The molecule has 21 heavy (non-hydrogen) atoms. The number of hydrogen-bond acceptors (Lipinski definition) is 5. The normalized spacial score (nSPS) is 10.6. The average molecular weight is 292 g/mol. The fourth-order valence-electron chi connectivity index (χ4n) is 1.28. The average Bonchev–Trinajstić information content (AvgIpc) is 2.45. The number of hydrazone groups is 1. The van der Waals surface area contributed by atoms with E-state index in [0.717, 1.165) is 0 Å². The summed E-state index contributed by atoms with van der Waals surface area (Å²) in [4.78, 5) is 32.7. The Morgan fingerprint density at radius 1 is 1.29 bits per heavy atom. The standard InChI is InChI=1S/C13H16N4O4/c1-9(2)7-14-12(18)13(19)16-15-8-10-3-5-11(6-4-10)17(20)21/h3-6,8-9H,7H2,1-2H3,(H,14,18)(H,16,19)/b15-8+. The summed E-state index contributed by atoms with van der Waals surface area (Å²) in [5.41, 5.74) is 2.60. The van der Waals surface area contributed by atoms with E-state index in [1.54, 1.807) is 0 Å². The van der Waals surface area contributed by atoms with Crippen molar-refractivity contribution in [2.24, 2.45) is 11.0 Å². The van der Waals surface area contributed by atoms with E-state index in [9.17, 15) is 19.7 Å². The molecule has 0 aliphatic rings. The van der Waals surface area contributed by atoms with Gasteiger partial charge in [0.25, 0.3) is 5.69 Å². The lowest BCUT2D eigenvalue weighted by molar-refractivity contribution is -0.384. The maximum absolute atomic E-state index is 11.4. The van der Waals surface area contributed by atoms with E-state index in [1.807, 2.05) is 13.8 Å². The Kier molecular flexibility index (Phi) is 5.99. The van der Waals surface area contributed by atoms with E-state index >= 15 is 0 Å². The molecule has 2 N–H and O–H groups in total. The molecule has 0 fully saturated rings. The Bertz CT molecular complexity index is 552. The Hall–Kier alpha value is -2.77. The maximum Gasteiger partial charge on any atom is 0.329 e. The molecule has 0 atom stereocenters. The molecule has 1 rings (SSSR count). The summed E-state index contributed by atoms with van der Waals surface area (Å²) in [6.45, 7) is 4.22. The number of carbonyl (C=O) groups is 2. The van der Waals surface area contributed by atoms with Gasteiger partial charge in [-0.05, 0) is 23.6 Å². The molecule has 0 radical (unpaired) electrons. The maximum atomic E-state index is 11.4. The summed E-state index contributed by atoms with van der Waals surface area (Å²) in [7, 11) is 0. The summed E-state index contributed by atoms with van der Waals surface area (Å²) in [6.07, 6.45) is 1.29. The summed E-state index contributed by atoms with van der Waals surface area (Å²) < 4.78 is 0. The van der Waals surface area contributed by atoms with Crippen molar-refractivity contribution >= 4 is 23.7 Å². The molecule has 0 bridgehead atoms. The van der Waals surface area contributed by atoms with Crippen LogP contribution in [-0.2, 0) is 9.59 Å². The van der Waals surface area contributed by atoms with Crippen molar-refractivity contribution < 1.29 is 14.5 Å². The molecule has 2 amide bonds. The summed E-state index contributed by atoms with van der Waals surface area (Å²) in [6, 6.07) is 5.59. The van der Waals surface area contributed by atoms with Crippen LogP contribution >= 0.6 is 0 Å². The number of non-ortho nitro benzene ring substituents is 1. The molecule has 112 valence electrons. The minimum absolute atomic E-state index is 0.0377. The zero-order valence-electron chi connectivity index (χ0n) is 11.7. The lowest BCUT2D eigenvalue weighted by Crippen LogP contribution is -2.39. The Morgan fingerprint density at radius 3 is 2.43 bits per heavy atom. The third kappa shape index (κ3) is 5.81. The van der Waals surface area contributed by atoms with Gasteiger partial charge in [-0.25, -0.2) is 5.43 Å². The van der Waals surface area contributed by atoms with Crippen molar-refractivity contribution in [3.8, 4) is 0 Å². The van der Waals surface area contributed by atoms with Gasteiger partial charge in [0.1, 0.15) is 0 Å². The van der Waals surface area contributed by atoms with E-state index in [1.165, 1.54) is 30.5 Å². The second-order valence-corrected chi connectivity index (χ2v) is 4.65. The third-order valence-electron chi connectivity index (χ3n) is 2.36. The highest BCUT2D eigenvalue weighted by atomic mass is 16.6. The first-order chi connectivity index (χ1) is 9.90. The van der Waals surface area contributed by atoms with Crippen molar-refractivity contribution in [3.63, 3.8) is 0 Å². The Labute approximate surface area is 121 Å². The largest absolute Gasteiger partial charge is 0.348 e. The number of nitrogens with one attached hydrogen (secondary N) is 2. The summed E-state index contributed by atoms with van der Waals surface area (Å²) in [5, 5.41) is 16.5. The molecule has 0 aromatic heterocycles. The summed E-state index contributed by atoms with van der Waals surface area (Å²) in [5.74, 6) is -1.39. The fraction of sp³-hybridized carbons (Fsp3) is 0.308. The zero-order chi connectivity index (χ0) is 15.8. The molecule has 0 unspecified atom stereocenters. The molecule has 8 heteroatoms. The molecule has 0 aliphatic heterocycles. The highest BCUT2D eigenvalue weighted by Crippen LogP contribution is 2.10. The van der Waals surface area contributed by atoms with Crippen LogP contribution in [0.2, 0.25) is 0 Å². The van der Waals surface area contributed by atoms with Gasteiger partial charge in [-0.1, -0.05) is 13.8 Å². The first-order valence-corrected chi connectivity index (χ1v) is 6.26. The van der Waals surface area contributed by atoms with E-state index in [-0.39, 0.29) is 11.6 Å². The number of nitrogens with zero attached hydrogens (tertiary/aromatic N) is 2. The SMILES string of the molecule is CC(C)CNC(=O)C(=O)N/N=C/c1ccc([N+](=O)[O-])cc1. The molecule has 1 aromatic rings. The topological polar surface area (TPSA) is 114 Å². The third-order valence-corrected chi connectivity index (χ3v) is 2.36. The van der Waals surface area contributed by atoms with Crippen LogP contribution in [0.25, 0.3) is 0 Å². The van der Waals surface area contributed by atoms with Crippen LogP contribution in [0.5, 0.6) is 0 Å². The second-order valence-electron chi connectivity index (χ2n) is 4.65. The van der Waals surface area contributed by atoms with Crippen LogP contribution in [0.3, 0.4) is 0 Å². The number of nitro groups is 1. The molecule has 1 aromatic carbocycles. The molecule has 0 heterocycles. The van der Waals surface area contributed by atoms with Gasteiger partial charge in [-0.3, -0.25) is 19.7 Å². The molecule has 0 spiro atoms. The molecule has 0 saturated carbocycles. The summed E-state index contributed by atoms with van der Waals surface area (Å²) >= 11 is 0. The number of carbonyl (C=O) groups excluding carboxylic acids is 2. The lowest BCUT2D eigenvalue weighted by Gasteiger charge is -2.05. The first kappa shape index (κ1) is 16.3. The van der Waals surface area contributed by atoms with Gasteiger partial charge in [0.15, 0.2) is 0 Å². The molecule has 0 aliphatic carbocycles. The number of amides is 2. The molecule has 8 nitrogen and oxygen atoms in total. The van der Waals surface area contributed by atoms with Crippen molar-refractivity contribution in [1.29, 1.82) is 0 Å². The van der Waals surface area contributed by atoms with Crippen molar-refractivity contribution in [1.82, 2.24) is 10.7 Å². The van der Waals surface area contributed by atoms with Gasteiger partial charge < -0.3 is 5.32 Å². The lowest BCUT2D eigenvalue weighted by atomic mass is 10.2. The smallest absolute Gasteiger partial charge is 0.329 e. The molecular formula is C13H16N4O4. The zero-order valence-corrected chi connectivity index (χ0v) is 11.7. The van der Waals surface area contributed by atoms with Crippen LogP contribution in [0.15, 0.2) is 29.4 Å². The van der Waals surface area contributed by atoms with Crippen LogP contribution in [0, 0.1) is 16.0 Å².